The summed E-state index contributed by atoms with van der Waals surface area (Å²) >= 11 is 0. The summed E-state index contributed by atoms with van der Waals surface area (Å²) in [6.07, 6.45) is 0.895. The van der Waals surface area contributed by atoms with E-state index < -0.39 is 0 Å². The number of hydrogen-bond acceptors (Lipinski definition) is 3. The number of methoxy groups -OCH3 is 2. The zero-order valence-electron chi connectivity index (χ0n) is 10.5. The van der Waals surface area contributed by atoms with E-state index >= 15 is 0 Å². The fraction of sp³-hybridized carbons (Fsp3) is 0.538. The Balaban J connectivity index is 2.67. The van der Waals surface area contributed by atoms with Crippen molar-refractivity contribution < 1.29 is 14.2 Å². The van der Waals surface area contributed by atoms with Crippen molar-refractivity contribution in [2.75, 3.05) is 27.4 Å². The molecule has 0 N–H and O–H groups in total. The summed E-state index contributed by atoms with van der Waals surface area (Å²) in [5.41, 5.74) is 2.19. The fourth-order valence-corrected chi connectivity index (χ4v) is 1.54. The summed E-state index contributed by atoms with van der Waals surface area (Å²) in [5, 5.41) is 0. The topological polar surface area (TPSA) is 27.7 Å². The molecule has 1 aromatic rings. The van der Waals surface area contributed by atoms with Crippen LogP contribution in [0.5, 0.6) is 11.5 Å². The lowest BCUT2D eigenvalue weighted by atomic mass is 10.1. The minimum atomic E-state index is 0.668. The van der Waals surface area contributed by atoms with E-state index in [0.29, 0.717) is 6.61 Å². The Morgan fingerprint density at radius 1 is 1.00 bits per heavy atom. The van der Waals surface area contributed by atoms with E-state index in [1.54, 1.807) is 14.2 Å². The second-order valence-corrected chi connectivity index (χ2v) is 3.79. The van der Waals surface area contributed by atoms with Crippen LogP contribution in [0.3, 0.4) is 0 Å². The monoisotopic (exact) mass is 224 g/mol. The Kier molecular flexibility index (Phi) is 5.12. The first-order chi connectivity index (χ1) is 7.69. The third-order valence-electron chi connectivity index (χ3n) is 2.43. The van der Waals surface area contributed by atoms with Gasteiger partial charge >= 0.3 is 0 Å². The number of ether oxygens (including phenoxy) is 3. The van der Waals surface area contributed by atoms with E-state index in [1.165, 1.54) is 0 Å². The van der Waals surface area contributed by atoms with Gasteiger partial charge in [0.2, 0.25) is 0 Å². The fourth-order valence-electron chi connectivity index (χ4n) is 1.54. The van der Waals surface area contributed by atoms with Gasteiger partial charge in [0.1, 0.15) is 11.5 Å². The van der Waals surface area contributed by atoms with Crippen molar-refractivity contribution >= 4 is 0 Å². The Hall–Kier alpha value is -1.22. The maximum absolute atomic E-state index is 5.70. The minimum Gasteiger partial charge on any atom is -0.496 e. The predicted molar refractivity (Wildman–Crippen MR) is 64.5 cm³/mol. The zero-order valence-corrected chi connectivity index (χ0v) is 10.5. The average Bonchev–Trinajstić information content (AvgIpc) is 2.28. The number of benzene rings is 1. The number of rotatable bonds is 6. The second-order valence-electron chi connectivity index (χ2n) is 3.79. The highest BCUT2D eigenvalue weighted by Crippen LogP contribution is 2.29. The summed E-state index contributed by atoms with van der Waals surface area (Å²) in [6.45, 7) is 5.43. The number of hydrogen-bond donors (Lipinski definition) is 0. The van der Waals surface area contributed by atoms with E-state index in [2.05, 4.69) is 0 Å². The quantitative estimate of drug-likeness (QED) is 0.695. The first-order valence-electron chi connectivity index (χ1n) is 5.46. The highest BCUT2D eigenvalue weighted by molar-refractivity contribution is 5.46. The molecule has 0 aliphatic rings. The van der Waals surface area contributed by atoms with Gasteiger partial charge in [0, 0.05) is 25.7 Å². The van der Waals surface area contributed by atoms with Crippen molar-refractivity contribution in [3.05, 3.63) is 23.3 Å². The summed E-state index contributed by atoms with van der Waals surface area (Å²) in [6, 6.07) is 4.04. The van der Waals surface area contributed by atoms with Crippen molar-refractivity contribution in [2.24, 2.45) is 0 Å². The van der Waals surface area contributed by atoms with E-state index in [4.69, 9.17) is 14.2 Å². The molecule has 16 heavy (non-hydrogen) atoms. The summed E-state index contributed by atoms with van der Waals surface area (Å²) < 4.78 is 16.0. The van der Waals surface area contributed by atoms with E-state index in [-0.39, 0.29) is 0 Å². The van der Waals surface area contributed by atoms with Gasteiger partial charge in [-0.3, -0.25) is 0 Å². The molecule has 0 radical (unpaired) electrons. The van der Waals surface area contributed by atoms with Gasteiger partial charge in [-0.15, -0.1) is 0 Å². The van der Waals surface area contributed by atoms with Crippen LogP contribution >= 0.6 is 0 Å². The molecule has 0 saturated carbocycles. The summed E-state index contributed by atoms with van der Waals surface area (Å²) in [5.74, 6) is 1.77. The van der Waals surface area contributed by atoms with Crippen LogP contribution in [0.4, 0.5) is 0 Å². The molecule has 3 nitrogen and oxygen atoms in total. The first kappa shape index (κ1) is 12.8. The van der Waals surface area contributed by atoms with Crippen LogP contribution in [-0.4, -0.2) is 27.4 Å². The van der Waals surface area contributed by atoms with Crippen molar-refractivity contribution in [3.63, 3.8) is 0 Å². The van der Waals surface area contributed by atoms with E-state index in [0.717, 1.165) is 35.7 Å². The molecule has 0 aromatic heterocycles. The molecule has 0 aliphatic heterocycles. The molecule has 1 aromatic carbocycles. The maximum atomic E-state index is 5.70. The van der Waals surface area contributed by atoms with E-state index in [9.17, 15) is 0 Å². The summed E-state index contributed by atoms with van der Waals surface area (Å²) in [7, 11) is 3.37. The molecule has 0 amide bonds. The van der Waals surface area contributed by atoms with Crippen LogP contribution in [0.25, 0.3) is 0 Å². The SMILES string of the molecule is COCCCOc1cc(C)cc(OC)c1C. The van der Waals surface area contributed by atoms with Gasteiger partial charge in [-0.1, -0.05) is 0 Å². The molecule has 0 saturated heterocycles. The van der Waals surface area contributed by atoms with Crippen LogP contribution in [0.1, 0.15) is 17.5 Å². The van der Waals surface area contributed by atoms with Crippen molar-refractivity contribution in [3.8, 4) is 11.5 Å². The van der Waals surface area contributed by atoms with Crippen LogP contribution in [0.2, 0.25) is 0 Å². The van der Waals surface area contributed by atoms with Crippen LogP contribution in [0, 0.1) is 13.8 Å². The third-order valence-corrected chi connectivity index (χ3v) is 2.43. The zero-order chi connectivity index (χ0) is 12.0. The molecule has 90 valence electrons. The van der Waals surface area contributed by atoms with Gasteiger partial charge in [0.15, 0.2) is 0 Å². The highest BCUT2D eigenvalue weighted by atomic mass is 16.5. The molecule has 0 bridgehead atoms. The molecule has 1 rings (SSSR count). The summed E-state index contributed by atoms with van der Waals surface area (Å²) in [4.78, 5) is 0. The Morgan fingerprint density at radius 2 is 1.69 bits per heavy atom. The molecule has 0 unspecified atom stereocenters. The smallest absolute Gasteiger partial charge is 0.126 e. The Labute approximate surface area is 97.3 Å². The van der Waals surface area contributed by atoms with Crippen molar-refractivity contribution in [2.45, 2.75) is 20.3 Å². The maximum Gasteiger partial charge on any atom is 0.126 e. The molecule has 0 fully saturated rings. The lowest BCUT2D eigenvalue weighted by molar-refractivity contribution is 0.171. The van der Waals surface area contributed by atoms with Gasteiger partial charge in [0.05, 0.1) is 13.7 Å². The molecular formula is C13H20O3. The molecule has 0 aliphatic carbocycles. The largest absolute Gasteiger partial charge is 0.496 e. The minimum absolute atomic E-state index is 0.668. The second kappa shape index (κ2) is 6.38. The average molecular weight is 224 g/mol. The van der Waals surface area contributed by atoms with Crippen LogP contribution < -0.4 is 9.47 Å². The van der Waals surface area contributed by atoms with Gasteiger partial charge in [-0.05, 0) is 31.5 Å². The predicted octanol–water partition coefficient (Wildman–Crippen LogP) is 2.73. The first-order valence-corrected chi connectivity index (χ1v) is 5.46. The Bertz CT molecular complexity index is 334. The van der Waals surface area contributed by atoms with Crippen LogP contribution in [-0.2, 0) is 4.74 Å². The molecule has 0 heterocycles. The van der Waals surface area contributed by atoms with Crippen molar-refractivity contribution in [1.29, 1.82) is 0 Å². The lowest BCUT2D eigenvalue weighted by Gasteiger charge is -2.13. The standard InChI is InChI=1S/C13H20O3/c1-10-8-12(15-4)11(2)13(9-10)16-7-5-6-14-3/h8-9H,5-7H2,1-4H3. The highest BCUT2D eigenvalue weighted by Gasteiger charge is 2.06. The van der Waals surface area contributed by atoms with Crippen molar-refractivity contribution in [1.82, 2.24) is 0 Å². The van der Waals surface area contributed by atoms with Gasteiger partial charge < -0.3 is 14.2 Å². The molecule has 3 heteroatoms. The van der Waals surface area contributed by atoms with Gasteiger partial charge in [-0.25, -0.2) is 0 Å². The number of aryl methyl sites for hydroxylation is 1. The molecule has 0 spiro atoms. The normalized spacial score (nSPS) is 10.2. The van der Waals surface area contributed by atoms with Gasteiger partial charge in [-0.2, -0.15) is 0 Å². The van der Waals surface area contributed by atoms with Gasteiger partial charge in [0.25, 0.3) is 0 Å². The molecule has 0 atom stereocenters. The van der Waals surface area contributed by atoms with Crippen LogP contribution in [0.15, 0.2) is 12.1 Å². The third kappa shape index (κ3) is 3.42. The molecular weight excluding hydrogens is 204 g/mol. The van der Waals surface area contributed by atoms with E-state index in [1.807, 2.05) is 26.0 Å². The Morgan fingerprint density at radius 3 is 2.31 bits per heavy atom. The lowest BCUT2D eigenvalue weighted by Crippen LogP contribution is -2.03.